The Morgan fingerprint density at radius 3 is 2.50 bits per heavy atom. The highest BCUT2D eigenvalue weighted by Crippen LogP contribution is 2.35. The van der Waals surface area contributed by atoms with Crippen LogP contribution >= 0.6 is 0 Å². The molecule has 2 aromatic rings. The van der Waals surface area contributed by atoms with Gasteiger partial charge in [-0.15, -0.1) is 0 Å². The van der Waals surface area contributed by atoms with Gasteiger partial charge in [0, 0.05) is 24.7 Å². The predicted octanol–water partition coefficient (Wildman–Crippen LogP) is 3.38. The zero-order chi connectivity index (χ0) is 14.4. The third-order valence-electron chi connectivity index (χ3n) is 3.20. The number of aliphatic hydroxyl groups excluding tert-OH is 1. The van der Waals surface area contributed by atoms with Crippen LogP contribution in [0.15, 0.2) is 42.5 Å². The molecule has 0 bridgehead atoms. The molecule has 106 valence electrons. The summed E-state index contributed by atoms with van der Waals surface area (Å²) in [5.74, 6) is 0.908. The summed E-state index contributed by atoms with van der Waals surface area (Å²) in [5.41, 5.74) is 2.86. The van der Waals surface area contributed by atoms with Crippen molar-refractivity contribution >= 4 is 0 Å². The van der Waals surface area contributed by atoms with Gasteiger partial charge in [-0.1, -0.05) is 37.3 Å². The van der Waals surface area contributed by atoms with Crippen LogP contribution in [-0.4, -0.2) is 23.4 Å². The van der Waals surface area contributed by atoms with Crippen LogP contribution in [0.5, 0.6) is 11.5 Å². The number of aryl methyl sites for hydroxylation is 1. The van der Waals surface area contributed by atoms with Gasteiger partial charge in [-0.2, -0.15) is 0 Å². The summed E-state index contributed by atoms with van der Waals surface area (Å²) in [6.07, 6.45) is 1.42. The predicted molar refractivity (Wildman–Crippen MR) is 80.1 cm³/mol. The van der Waals surface area contributed by atoms with Gasteiger partial charge in [0.1, 0.15) is 11.5 Å². The van der Waals surface area contributed by atoms with Gasteiger partial charge in [-0.25, -0.2) is 0 Å². The number of hydrogen-bond donors (Lipinski definition) is 2. The van der Waals surface area contributed by atoms with Crippen molar-refractivity contribution in [2.75, 3.05) is 13.2 Å². The summed E-state index contributed by atoms with van der Waals surface area (Å²) >= 11 is 0. The summed E-state index contributed by atoms with van der Waals surface area (Å²) in [5, 5.41) is 19.0. The molecule has 0 unspecified atom stereocenters. The maximum atomic E-state index is 10.2. The molecule has 0 aliphatic rings. The molecule has 0 heterocycles. The van der Waals surface area contributed by atoms with E-state index in [1.54, 1.807) is 6.07 Å². The number of rotatable bonds is 6. The fourth-order valence-electron chi connectivity index (χ4n) is 2.12. The van der Waals surface area contributed by atoms with E-state index in [2.05, 4.69) is 6.92 Å². The lowest BCUT2D eigenvalue weighted by Gasteiger charge is -2.14. The van der Waals surface area contributed by atoms with Crippen LogP contribution in [0.1, 0.15) is 18.9 Å². The number of aromatic hydroxyl groups is 1. The number of aliphatic hydroxyl groups is 1. The second kappa shape index (κ2) is 6.96. The quantitative estimate of drug-likeness (QED) is 0.793. The van der Waals surface area contributed by atoms with Gasteiger partial charge in [-0.3, -0.25) is 0 Å². The zero-order valence-corrected chi connectivity index (χ0v) is 11.7. The van der Waals surface area contributed by atoms with Gasteiger partial charge >= 0.3 is 0 Å². The van der Waals surface area contributed by atoms with Gasteiger partial charge in [0.2, 0.25) is 0 Å². The van der Waals surface area contributed by atoms with E-state index < -0.39 is 0 Å². The SMILES string of the molecule is CCc1cc(-c2ccccc2)c(O)cc1OCCCO. The number of hydrogen-bond acceptors (Lipinski definition) is 3. The van der Waals surface area contributed by atoms with Gasteiger partial charge < -0.3 is 14.9 Å². The van der Waals surface area contributed by atoms with E-state index in [4.69, 9.17) is 9.84 Å². The highest BCUT2D eigenvalue weighted by Gasteiger charge is 2.10. The van der Waals surface area contributed by atoms with Gasteiger partial charge in [0.15, 0.2) is 0 Å². The lowest BCUT2D eigenvalue weighted by Crippen LogP contribution is -2.02. The minimum Gasteiger partial charge on any atom is -0.507 e. The van der Waals surface area contributed by atoms with Crippen molar-refractivity contribution < 1.29 is 14.9 Å². The van der Waals surface area contributed by atoms with Crippen molar-refractivity contribution in [3.05, 3.63) is 48.0 Å². The summed E-state index contributed by atoms with van der Waals surface area (Å²) in [7, 11) is 0. The van der Waals surface area contributed by atoms with E-state index in [0.29, 0.717) is 18.8 Å². The van der Waals surface area contributed by atoms with Crippen molar-refractivity contribution in [3.63, 3.8) is 0 Å². The molecular formula is C17H20O3. The van der Waals surface area contributed by atoms with Crippen LogP contribution in [0.25, 0.3) is 11.1 Å². The Balaban J connectivity index is 2.32. The number of phenols is 1. The van der Waals surface area contributed by atoms with Crippen molar-refractivity contribution in [3.8, 4) is 22.6 Å². The Morgan fingerprint density at radius 2 is 1.85 bits per heavy atom. The summed E-state index contributed by atoms with van der Waals surface area (Å²) in [6.45, 7) is 2.61. The fourth-order valence-corrected chi connectivity index (χ4v) is 2.12. The van der Waals surface area contributed by atoms with E-state index in [1.807, 2.05) is 36.4 Å². The van der Waals surface area contributed by atoms with E-state index in [1.165, 1.54) is 0 Å². The highest BCUT2D eigenvalue weighted by atomic mass is 16.5. The van der Waals surface area contributed by atoms with Crippen molar-refractivity contribution in [2.45, 2.75) is 19.8 Å². The fraction of sp³-hybridized carbons (Fsp3) is 0.294. The largest absolute Gasteiger partial charge is 0.507 e. The Morgan fingerprint density at radius 1 is 1.10 bits per heavy atom. The van der Waals surface area contributed by atoms with Crippen molar-refractivity contribution in [2.24, 2.45) is 0 Å². The smallest absolute Gasteiger partial charge is 0.127 e. The molecule has 0 radical (unpaired) electrons. The second-order valence-corrected chi connectivity index (χ2v) is 4.62. The maximum absolute atomic E-state index is 10.2. The molecule has 0 amide bonds. The van der Waals surface area contributed by atoms with Crippen molar-refractivity contribution in [1.82, 2.24) is 0 Å². The first-order chi connectivity index (χ1) is 9.76. The minimum absolute atomic E-state index is 0.107. The Labute approximate surface area is 119 Å². The molecule has 0 atom stereocenters. The summed E-state index contributed by atoms with van der Waals surface area (Å²) < 4.78 is 5.62. The topological polar surface area (TPSA) is 49.7 Å². The first-order valence-electron chi connectivity index (χ1n) is 6.91. The van der Waals surface area contributed by atoms with Crippen LogP contribution in [0.4, 0.5) is 0 Å². The third kappa shape index (κ3) is 3.31. The van der Waals surface area contributed by atoms with Crippen molar-refractivity contribution in [1.29, 1.82) is 0 Å². The molecule has 0 aliphatic heterocycles. The average Bonchev–Trinajstić information content (AvgIpc) is 2.48. The molecule has 2 rings (SSSR count). The monoisotopic (exact) mass is 272 g/mol. The first kappa shape index (κ1) is 14.4. The Kier molecular flexibility index (Phi) is 5.02. The normalized spacial score (nSPS) is 10.5. The zero-order valence-electron chi connectivity index (χ0n) is 11.7. The molecule has 0 aromatic heterocycles. The minimum atomic E-state index is 0.107. The molecular weight excluding hydrogens is 252 g/mol. The van der Waals surface area contributed by atoms with Crippen LogP contribution in [0.2, 0.25) is 0 Å². The molecule has 0 aliphatic carbocycles. The second-order valence-electron chi connectivity index (χ2n) is 4.62. The Bertz CT molecular complexity index is 550. The van der Waals surface area contributed by atoms with E-state index in [9.17, 15) is 5.11 Å². The molecule has 0 fully saturated rings. The molecule has 0 spiro atoms. The molecule has 0 saturated heterocycles. The molecule has 3 heteroatoms. The lowest BCUT2D eigenvalue weighted by atomic mass is 10.00. The molecule has 3 nitrogen and oxygen atoms in total. The number of phenolic OH excluding ortho intramolecular Hbond substituents is 1. The van der Waals surface area contributed by atoms with Gasteiger partial charge in [-0.05, 0) is 23.6 Å². The van der Waals surface area contributed by atoms with E-state index >= 15 is 0 Å². The molecule has 0 saturated carbocycles. The molecule has 20 heavy (non-hydrogen) atoms. The Hall–Kier alpha value is -2.00. The number of benzene rings is 2. The van der Waals surface area contributed by atoms with Gasteiger partial charge in [0.05, 0.1) is 6.61 Å². The standard InChI is InChI=1S/C17H20O3/c1-2-13-11-15(14-7-4-3-5-8-14)16(19)12-17(13)20-10-6-9-18/h3-5,7-8,11-12,18-19H,2,6,9-10H2,1H3. The van der Waals surface area contributed by atoms with E-state index in [-0.39, 0.29) is 12.4 Å². The number of ether oxygens (including phenoxy) is 1. The van der Waals surface area contributed by atoms with Crippen LogP contribution < -0.4 is 4.74 Å². The van der Waals surface area contributed by atoms with E-state index in [0.717, 1.165) is 23.1 Å². The summed E-state index contributed by atoms with van der Waals surface area (Å²) in [4.78, 5) is 0. The first-order valence-corrected chi connectivity index (χ1v) is 6.91. The van der Waals surface area contributed by atoms with Gasteiger partial charge in [0.25, 0.3) is 0 Å². The van der Waals surface area contributed by atoms with Crippen LogP contribution in [0.3, 0.4) is 0 Å². The summed E-state index contributed by atoms with van der Waals surface area (Å²) in [6, 6.07) is 13.4. The van der Waals surface area contributed by atoms with Crippen LogP contribution in [-0.2, 0) is 6.42 Å². The molecule has 2 N–H and O–H groups in total. The van der Waals surface area contributed by atoms with Crippen LogP contribution in [0, 0.1) is 0 Å². The third-order valence-corrected chi connectivity index (χ3v) is 3.20. The highest BCUT2D eigenvalue weighted by molar-refractivity contribution is 5.72. The lowest BCUT2D eigenvalue weighted by molar-refractivity contribution is 0.232. The molecule has 2 aromatic carbocycles. The average molecular weight is 272 g/mol. The maximum Gasteiger partial charge on any atom is 0.127 e.